The Morgan fingerprint density at radius 2 is 1.90 bits per heavy atom. The van der Waals surface area contributed by atoms with Crippen molar-refractivity contribution in [2.45, 2.75) is 83.4 Å². The minimum atomic E-state index is -0.855. The van der Waals surface area contributed by atoms with Gasteiger partial charge in [-0.05, 0) is 91.7 Å². The van der Waals surface area contributed by atoms with Crippen LogP contribution in [0.2, 0.25) is 0 Å². The summed E-state index contributed by atoms with van der Waals surface area (Å²) in [5.41, 5.74) is 1.23. The Labute approximate surface area is 232 Å². The molecule has 0 spiro atoms. The second-order valence-electron chi connectivity index (χ2n) is 11.9. The smallest absolute Gasteiger partial charge is 0.329 e. The van der Waals surface area contributed by atoms with E-state index >= 15 is 0 Å². The number of aromatic nitrogens is 1. The van der Waals surface area contributed by atoms with Crippen LogP contribution >= 0.6 is 0 Å². The average molecular weight is 542 g/mol. The number of benzene rings is 1. The number of amides is 2. The topological polar surface area (TPSA) is 116 Å². The number of likely N-dealkylation sites (tertiary alicyclic amines) is 1. The summed E-state index contributed by atoms with van der Waals surface area (Å²) in [6.45, 7) is 9.83. The fourth-order valence-electron chi connectivity index (χ4n) is 5.25. The molecule has 1 aromatic carbocycles. The summed E-state index contributed by atoms with van der Waals surface area (Å²) in [4.78, 5) is 45.9. The molecule has 4 N–H and O–H groups in total. The maximum atomic E-state index is 13.9. The number of esters is 1. The van der Waals surface area contributed by atoms with Gasteiger partial charge in [-0.25, -0.2) is 4.79 Å². The molecule has 0 bridgehead atoms. The molecule has 0 radical (unpaired) electrons. The van der Waals surface area contributed by atoms with Crippen LogP contribution < -0.4 is 16.0 Å². The van der Waals surface area contributed by atoms with Crippen molar-refractivity contribution in [3.8, 4) is 0 Å². The number of fused-ring (bicyclic) bond motifs is 1. The molecule has 0 saturated carbocycles. The standard InChI is InChI=1S/C30H47N5O4/c1-20(23-18-32-24-14-8-7-13-22(23)24)26(34-27(36)21-12-11-17-35(6)19-21)28(37)33-25(15-9-10-16-31-5)29(38)39-30(2,3)4/h7-8,13-14,18,20-21,25-26,31-32H,9-12,15-17,19H2,1-6H3,(H,33,37)(H,34,36)/t20-,21?,25?,26?/m0/s1. The number of hydrogen-bond donors (Lipinski definition) is 4. The van der Waals surface area contributed by atoms with Crippen molar-refractivity contribution in [2.75, 3.05) is 33.7 Å². The number of nitrogens with one attached hydrogen (secondary N) is 4. The SMILES string of the molecule is CNCCCCC(NC(=O)C(NC(=O)C1CCCN(C)C1)[C@@H](C)c1c[nH]c2ccccc12)C(=O)OC(C)(C)C. The predicted molar refractivity (Wildman–Crippen MR) is 154 cm³/mol. The highest BCUT2D eigenvalue weighted by atomic mass is 16.6. The van der Waals surface area contributed by atoms with Crippen LogP contribution in [0.3, 0.4) is 0 Å². The molecule has 3 rings (SSSR count). The monoisotopic (exact) mass is 541 g/mol. The summed E-state index contributed by atoms with van der Waals surface area (Å²) in [6, 6.07) is 6.26. The van der Waals surface area contributed by atoms with Crippen molar-refractivity contribution in [1.82, 2.24) is 25.8 Å². The number of para-hydroxylation sites is 1. The quantitative estimate of drug-likeness (QED) is 0.242. The summed E-state index contributed by atoms with van der Waals surface area (Å²) in [5, 5.41) is 10.1. The molecule has 9 heteroatoms. The van der Waals surface area contributed by atoms with Crippen LogP contribution in [0.5, 0.6) is 0 Å². The third-order valence-corrected chi connectivity index (χ3v) is 7.36. The van der Waals surface area contributed by atoms with Crippen LogP contribution in [-0.2, 0) is 19.1 Å². The van der Waals surface area contributed by atoms with Crippen molar-refractivity contribution < 1.29 is 19.1 Å². The van der Waals surface area contributed by atoms with Gasteiger partial charge in [-0.2, -0.15) is 0 Å². The van der Waals surface area contributed by atoms with Gasteiger partial charge in [0.25, 0.3) is 0 Å². The molecule has 216 valence electrons. The first kappa shape index (κ1) is 30.6. The van der Waals surface area contributed by atoms with Gasteiger partial charge in [-0.15, -0.1) is 0 Å². The number of ether oxygens (including phenoxy) is 1. The predicted octanol–water partition coefficient (Wildman–Crippen LogP) is 3.31. The highest BCUT2D eigenvalue weighted by Gasteiger charge is 2.35. The normalized spacial score (nSPS) is 18.8. The molecule has 4 atom stereocenters. The van der Waals surface area contributed by atoms with Crippen molar-refractivity contribution in [1.29, 1.82) is 0 Å². The maximum absolute atomic E-state index is 13.9. The lowest BCUT2D eigenvalue weighted by molar-refractivity contribution is -0.159. The highest BCUT2D eigenvalue weighted by Crippen LogP contribution is 2.28. The second kappa shape index (κ2) is 13.9. The molecule has 1 fully saturated rings. The maximum Gasteiger partial charge on any atom is 0.329 e. The Kier molecular flexibility index (Phi) is 10.9. The van der Waals surface area contributed by atoms with Gasteiger partial charge in [0.2, 0.25) is 11.8 Å². The van der Waals surface area contributed by atoms with Gasteiger partial charge in [0.1, 0.15) is 17.7 Å². The summed E-state index contributed by atoms with van der Waals surface area (Å²) < 4.78 is 5.65. The van der Waals surface area contributed by atoms with E-state index in [1.807, 2.05) is 72.3 Å². The molecule has 39 heavy (non-hydrogen) atoms. The summed E-state index contributed by atoms with van der Waals surface area (Å²) in [5.74, 6) is -1.49. The number of rotatable bonds is 12. The van der Waals surface area contributed by atoms with Crippen molar-refractivity contribution in [3.05, 3.63) is 36.0 Å². The fourth-order valence-corrected chi connectivity index (χ4v) is 5.25. The van der Waals surface area contributed by atoms with Crippen molar-refractivity contribution >= 4 is 28.7 Å². The summed E-state index contributed by atoms with van der Waals surface area (Å²) in [6.07, 6.45) is 5.70. The third-order valence-electron chi connectivity index (χ3n) is 7.36. The number of aromatic amines is 1. The van der Waals surface area contributed by atoms with Gasteiger partial charge in [0.15, 0.2) is 0 Å². The molecule has 3 unspecified atom stereocenters. The second-order valence-corrected chi connectivity index (χ2v) is 11.9. The van der Waals surface area contributed by atoms with E-state index in [1.54, 1.807) is 0 Å². The zero-order valence-corrected chi connectivity index (χ0v) is 24.4. The van der Waals surface area contributed by atoms with Crippen molar-refractivity contribution in [3.63, 3.8) is 0 Å². The van der Waals surface area contributed by atoms with Gasteiger partial charge in [-0.1, -0.05) is 25.1 Å². The van der Waals surface area contributed by atoms with E-state index < -0.39 is 23.7 Å². The van der Waals surface area contributed by atoms with Crippen LogP contribution in [0.4, 0.5) is 0 Å². The fraction of sp³-hybridized carbons (Fsp3) is 0.633. The van der Waals surface area contributed by atoms with Gasteiger partial charge in [0, 0.05) is 29.6 Å². The number of carbonyl (C=O) groups excluding carboxylic acids is 3. The molecular weight excluding hydrogens is 494 g/mol. The third kappa shape index (κ3) is 8.80. The molecule has 2 aromatic rings. The van der Waals surface area contributed by atoms with Crippen LogP contribution in [0.15, 0.2) is 30.5 Å². The number of hydrogen-bond acceptors (Lipinski definition) is 6. The Morgan fingerprint density at radius 1 is 1.15 bits per heavy atom. The Balaban J connectivity index is 1.86. The molecule has 2 amide bonds. The molecule has 0 aliphatic carbocycles. The van der Waals surface area contributed by atoms with Gasteiger partial charge >= 0.3 is 5.97 Å². The molecule has 1 aliphatic heterocycles. The first-order valence-electron chi connectivity index (χ1n) is 14.2. The van der Waals surface area contributed by atoms with E-state index in [0.717, 1.165) is 55.2 Å². The largest absolute Gasteiger partial charge is 0.458 e. The molecule has 1 saturated heterocycles. The number of unbranched alkanes of at least 4 members (excludes halogenated alkanes) is 1. The van der Waals surface area contributed by atoms with E-state index in [0.29, 0.717) is 13.0 Å². The molecule has 9 nitrogen and oxygen atoms in total. The van der Waals surface area contributed by atoms with Crippen LogP contribution in [0.25, 0.3) is 10.9 Å². The van der Waals surface area contributed by atoms with Gasteiger partial charge in [-0.3, -0.25) is 9.59 Å². The van der Waals surface area contributed by atoms with Crippen LogP contribution in [0.1, 0.15) is 71.3 Å². The van der Waals surface area contributed by atoms with Crippen molar-refractivity contribution in [2.24, 2.45) is 5.92 Å². The number of carbonyl (C=O) groups is 3. The molecule has 1 aromatic heterocycles. The summed E-state index contributed by atoms with van der Waals surface area (Å²) >= 11 is 0. The van der Waals surface area contributed by atoms with E-state index in [-0.39, 0.29) is 23.7 Å². The average Bonchev–Trinajstić information content (AvgIpc) is 3.31. The first-order chi connectivity index (χ1) is 18.5. The summed E-state index contributed by atoms with van der Waals surface area (Å²) in [7, 11) is 3.90. The lowest BCUT2D eigenvalue weighted by Crippen LogP contribution is -2.56. The Hall–Kier alpha value is -2.91. The van der Waals surface area contributed by atoms with E-state index in [4.69, 9.17) is 4.74 Å². The zero-order valence-electron chi connectivity index (χ0n) is 24.4. The number of piperidine rings is 1. The van der Waals surface area contributed by atoms with Crippen LogP contribution in [-0.4, -0.2) is 79.1 Å². The van der Waals surface area contributed by atoms with Crippen LogP contribution in [0, 0.1) is 5.92 Å². The lowest BCUT2D eigenvalue weighted by Gasteiger charge is -2.32. The van der Waals surface area contributed by atoms with E-state index in [1.165, 1.54) is 0 Å². The molecule has 2 heterocycles. The number of nitrogens with zero attached hydrogens (tertiary/aromatic N) is 1. The minimum absolute atomic E-state index is 0.128. The highest BCUT2D eigenvalue weighted by molar-refractivity contribution is 5.93. The minimum Gasteiger partial charge on any atom is -0.458 e. The molecule has 1 aliphatic rings. The Morgan fingerprint density at radius 3 is 2.59 bits per heavy atom. The number of H-pyrrole nitrogens is 1. The first-order valence-corrected chi connectivity index (χ1v) is 14.2. The lowest BCUT2D eigenvalue weighted by atomic mass is 9.90. The van der Waals surface area contributed by atoms with Gasteiger partial charge < -0.3 is 30.6 Å². The molecular formula is C30H47N5O4. The van der Waals surface area contributed by atoms with Gasteiger partial charge in [0.05, 0.1) is 5.92 Å². The Bertz CT molecular complexity index is 1110. The van der Waals surface area contributed by atoms with E-state index in [9.17, 15) is 14.4 Å². The zero-order chi connectivity index (χ0) is 28.6. The van der Waals surface area contributed by atoms with E-state index in [2.05, 4.69) is 25.8 Å².